The summed E-state index contributed by atoms with van der Waals surface area (Å²) < 4.78 is 38.6. The molecule has 4 rings (SSSR count). The quantitative estimate of drug-likeness (QED) is 0.446. The lowest BCUT2D eigenvalue weighted by Crippen LogP contribution is -2.41. The predicted molar refractivity (Wildman–Crippen MR) is 124 cm³/mol. The number of amides is 2. The molecule has 0 aliphatic carbocycles. The number of rotatable bonds is 7. The second kappa shape index (κ2) is 9.94. The number of hydrogen-bond donors (Lipinski definition) is 3. The van der Waals surface area contributed by atoms with Crippen molar-refractivity contribution in [2.45, 2.75) is 24.8 Å². The number of sulfonamides is 1. The Morgan fingerprint density at radius 2 is 1.50 bits per heavy atom. The molecule has 0 unspecified atom stereocenters. The van der Waals surface area contributed by atoms with E-state index in [4.69, 9.17) is 9.47 Å². The van der Waals surface area contributed by atoms with Crippen LogP contribution in [0.4, 0.5) is 0 Å². The lowest BCUT2D eigenvalue weighted by molar-refractivity contribution is 0.0846. The van der Waals surface area contributed by atoms with Gasteiger partial charge in [-0.1, -0.05) is 31.2 Å². The summed E-state index contributed by atoms with van der Waals surface area (Å²) >= 11 is 0. The summed E-state index contributed by atoms with van der Waals surface area (Å²) in [7, 11) is -3.90. The van der Waals surface area contributed by atoms with Crippen molar-refractivity contribution in [3.8, 4) is 11.5 Å². The smallest absolute Gasteiger partial charge is 0.269 e. The summed E-state index contributed by atoms with van der Waals surface area (Å²) in [5, 5.41) is 0. The maximum absolute atomic E-state index is 12.7. The Labute approximate surface area is 197 Å². The Morgan fingerprint density at radius 3 is 2.24 bits per heavy atom. The molecule has 0 radical (unpaired) electrons. The van der Waals surface area contributed by atoms with Gasteiger partial charge in [0, 0.05) is 17.7 Å². The minimum Gasteiger partial charge on any atom is -0.454 e. The molecule has 0 aromatic heterocycles. The van der Waals surface area contributed by atoms with Gasteiger partial charge in [-0.3, -0.25) is 20.4 Å². The van der Waals surface area contributed by atoms with Crippen molar-refractivity contribution in [2.24, 2.45) is 0 Å². The van der Waals surface area contributed by atoms with Gasteiger partial charge in [-0.25, -0.2) is 13.1 Å². The van der Waals surface area contributed by atoms with Crippen molar-refractivity contribution in [1.82, 2.24) is 15.6 Å². The largest absolute Gasteiger partial charge is 0.454 e. The third kappa shape index (κ3) is 5.36. The number of aryl methyl sites for hydroxylation is 1. The molecule has 10 heteroatoms. The standard InChI is InChI=1S/C24H23N3O6S/c1-2-16-6-9-18(10-7-16)23(28)26-27-24(29)19-4-3-5-20(13-19)34(30,31)25-14-17-8-11-21-22(12-17)33-15-32-21/h3-13,25H,2,14-15H2,1H3,(H,26,28)(H,27,29). The first-order chi connectivity index (χ1) is 16.4. The lowest BCUT2D eigenvalue weighted by Gasteiger charge is -2.10. The fourth-order valence-corrected chi connectivity index (χ4v) is 4.33. The molecule has 1 heterocycles. The van der Waals surface area contributed by atoms with E-state index in [1.807, 2.05) is 19.1 Å². The number of nitrogens with one attached hydrogen (secondary N) is 3. The highest BCUT2D eigenvalue weighted by atomic mass is 32.2. The molecule has 3 N–H and O–H groups in total. The van der Waals surface area contributed by atoms with Crippen LogP contribution in [0.2, 0.25) is 0 Å². The topological polar surface area (TPSA) is 123 Å². The van der Waals surface area contributed by atoms with E-state index >= 15 is 0 Å². The molecule has 9 nitrogen and oxygen atoms in total. The highest BCUT2D eigenvalue weighted by Gasteiger charge is 2.18. The van der Waals surface area contributed by atoms with Crippen LogP contribution in [0.25, 0.3) is 0 Å². The van der Waals surface area contributed by atoms with Crippen LogP contribution in [0, 0.1) is 0 Å². The van der Waals surface area contributed by atoms with Gasteiger partial charge in [0.25, 0.3) is 11.8 Å². The molecule has 176 valence electrons. The van der Waals surface area contributed by atoms with E-state index in [1.54, 1.807) is 30.3 Å². The van der Waals surface area contributed by atoms with E-state index in [1.165, 1.54) is 24.3 Å². The molecule has 3 aromatic rings. The van der Waals surface area contributed by atoms with Gasteiger partial charge in [-0.05, 0) is 60.0 Å². The van der Waals surface area contributed by atoms with E-state index in [0.717, 1.165) is 12.0 Å². The van der Waals surface area contributed by atoms with Gasteiger partial charge >= 0.3 is 0 Å². The highest BCUT2D eigenvalue weighted by molar-refractivity contribution is 7.89. The van der Waals surface area contributed by atoms with Gasteiger partial charge in [0.05, 0.1) is 4.90 Å². The number of carbonyl (C=O) groups excluding carboxylic acids is 2. The van der Waals surface area contributed by atoms with Gasteiger partial charge in [-0.15, -0.1) is 0 Å². The Morgan fingerprint density at radius 1 is 0.824 bits per heavy atom. The first-order valence-electron chi connectivity index (χ1n) is 10.5. The van der Waals surface area contributed by atoms with Crippen LogP contribution in [0.5, 0.6) is 11.5 Å². The highest BCUT2D eigenvalue weighted by Crippen LogP contribution is 2.32. The average molecular weight is 482 g/mol. The molecule has 1 aliphatic heterocycles. The maximum atomic E-state index is 12.7. The zero-order valence-electron chi connectivity index (χ0n) is 18.3. The van der Waals surface area contributed by atoms with Crippen molar-refractivity contribution in [1.29, 1.82) is 0 Å². The summed E-state index contributed by atoms with van der Waals surface area (Å²) in [5.74, 6) is 0.0330. The molecule has 0 spiro atoms. The summed E-state index contributed by atoms with van der Waals surface area (Å²) in [6.07, 6.45) is 0.851. The van der Waals surface area contributed by atoms with Gasteiger partial charge in [-0.2, -0.15) is 0 Å². The zero-order valence-corrected chi connectivity index (χ0v) is 19.1. The second-order valence-corrected chi connectivity index (χ2v) is 9.27. The maximum Gasteiger partial charge on any atom is 0.269 e. The number of ether oxygens (including phenoxy) is 2. The first-order valence-corrected chi connectivity index (χ1v) is 12.0. The molecular formula is C24H23N3O6S. The fraction of sp³-hybridized carbons (Fsp3) is 0.167. The van der Waals surface area contributed by atoms with Crippen LogP contribution in [0.3, 0.4) is 0 Å². The summed E-state index contributed by atoms with van der Waals surface area (Å²) in [4.78, 5) is 24.6. The van der Waals surface area contributed by atoms with Crippen molar-refractivity contribution in [3.05, 3.63) is 89.0 Å². The number of benzene rings is 3. The van der Waals surface area contributed by atoms with Crippen LogP contribution in [0.15, 0.2) is 71.6 Å². The number of hydrazine groups is 1. The Balaban J connectivity index is 1.37. The van der Waals surface area contributed by atoms with Gasteiger partial charge in [0.2, 0.25) is 16.8 Å². The average Bonchev–Trinajstić information content (AvgIpc) is 3.34. The molecule has 0 bridgehead atoms. The van der Waals surface area contributed by atoms with Crippen molar-refractivity contribution in [3.63, 3.8) is 0 Å². The molecule has 1 aliphatic rings. The third-order valence-corrected chi connectivity index (χ3v) is 6.62. The van der Waals surface area contributed by atoms with E-state index in [2.05, 4.69) is 15.6 Å². The van der Waals surface area contributed by atoms with Crippen molar-refractivity contribution in [2.75, 3.05) is 6.79 Å². The van der Waals surface area contributed by atoms with Crippen LogP contribution in [0.1, 0.15) is 38.8 Å². The Bertz CT molecular complexity index is 1320. The van der Waals surface area contributed by atoms with E-state index in [-0.39, 0.29) is 23.8 Å². The Kier molecular flexibility index (Phi) is 6.80. The Hall–Kier alpha value is -3.89. The van der Waals surface area contributed by atoms with E-state index < -0.39 is 21.8 Å². The zero-order chi connectivity index (χ0) is 24.1. The molecule has 3 aromatic carbocycles. The van der Waals surface area contributed by atoms with Crippen molar-refractivity contribution < 1.29 is 27.5 Å². The molecule has 34 heavy (non-hydrogen) atoms. The molecule has 0 saturated heterocycles. The summed E-state index contributed by atoms with van der Waals surface area (Å²) in [5.41, 5.74) is 6.89. The van der Waals surface area contributed by atoms with Crippen LogP contribution >= 0.6 is 0 Å². The minimum absolute atomic E-state index is 0.0300. The second-order valence-electron chi connectivity index (χ2n) is 7.50. The van der Waals surface area contributed by atoms with E-state index in [9.17, 15) is 18.0 Å². The van der Waals surface area contributed by atoms with Crippen LogP contribution < -0.4 is 25.0 Å². The summed E-state index contributed by atoms with van der Waals surface area (Å²) in [6.45, 7) is 2.17. The first kappa shape index (κ1) is 23.3. The molecule has 0 saturated carbocycles. The van der Waals surface area contributed by atoms with Gasteiger partial charge in [0.1, 0.15) is 0 Å². The molecular weight excluding hydrogens is 458 g/mol. The molecule has 0 atom stereocenters. The number of hydrogen-bond acceptors (Lipinski definition) is 6. The lowest BCUT2D eigenvalue weighted by atomic mass is 10.1. The van der Waals surface area contributed by atoms with Crippen molar-refractivity contribution >= 4 is 21.8 Å². The van der Waals surface area contributed by atoms with Crippen LogP contribution in [-0.4, -0.2) is 27.0 Å². The monoisotopic (exact) mass is 481 g/mol. The number of fused-ring (bicyclic) bond motifs is 1. The number of carbonyl (C=O) groups is 2. The minimum atomic E-state index is -3.90. The molecule has 2 amide bonds. The van der Waals surface area contributed by atoms with Gasteiger partial charge < -0.3 is 9.47 Å². The van der Waals surface area contributed by atoms with E-state index in [0.29, 0.717) is 22.6 Å². The molecule has 0 fully saturated rings. The third-order valence-electron chi connectivity index (χ3n) is 5.22. The van der Waals surface area contributed by atoms with Crippen LogP contribution in [-0.2, 0) is 23.0 Å². The normalized spacial score (nSPS) is 12.3. The SMILES string of the molecule is CCc1ccc(C(=O)NNC(=O)c2cccc(S(=O)(=O)NCc3ccc4c(c3)OCO4)c2)cc1. The fourth-order valence-electron chi connectivity index (χ4n) is 3.27. The summed E-state index contributed by atoms with van der Waals surface area (Å²) in [6, 6.07) is 17.7. The van der Waals surface area contributed by atoms with Gasteiger partial charge in [0.15, 0.2) is 11.5 Å². The predicted octanol–water partition coefficient (Wildman–Crippen LogP) is 2.53.